The van der Waals surface area contributed by atoms with Gasteiger partial charge in [-0.15, -0.1) is 11.6 Å². The molecule has 1 aliphatic rings. The van der Waals surface area contributed by atoms with Gasteiger partial charge in [0.05, 0.1) is 0 Å². The van der Waals surface area contributed by atoms with E-state index in [0.29, 0.717) is 12.4 Å². The molecule has 0 radical (unpaired) electrons. The fraction of sp³-hybridized carbons (Fsp3) is 0.533. The first-order valence-corrected chi connectivity index (χ1v) is 7.01. The van der Waals surface area contributed by atoms with Crippen molar-refractivity contribution < 1.29 is 4.79 Å². The van der Waals surface area contributed by atoms with Gasteiger partial charge in [-0.3, -0.25) is 4.79 Å². The molecule has 0 heterocycles. The Morgan fingerprint density at radius 2 is 2.06 bits per heavy atom. The number of hydrogen-bond acceptors (Lipinski definition) is 1. The summed E-state index contributed by atoms with van der Waals surface area (Å²) in [5.74, 6) is 0.542. The molecule has 1 amide bonds. The number of halogens is 1. The molecule has 0 saturated carbocycles. The summed E-state index contributed by atoms with van der Waals surface area (Å²) >= 11 is 5.85. The van der Waals surface area contributed by atoms with Gasteiger partial charge in [0.25, 0.3) is 5.91 Å². The fourth-order valence-corrected chi connectivity index (χ4v) is 2.28. The number of amides is 1. The van der Waals surface area contributed by atoms with E-state index in [1.165, 1.54) is 17.5 Å². The van der Waals surface area contributed by atoms with Gasteiger partial charge in [-0.1, -0.05) is 19.9 Å². The second-order valence-electron chi connectivity index (χ2n) is 5.82. The van der Waals surface area contributed by atoms with Crippen molar-refractivity contribution in [2.75, 3.05) is 12.4 Å². The summed E-state index contributed by atoms with van der Waals surface area (Å²) in [5.41, 5.74) is 3.43. The summed E-state index contributed by atoms with van der Waals surface area (Å²) in [5, 5.41) is 2.96. The number of nitrogens with one attached hydrogen (secondary N) is 1. The number of aryl methyl sites for hydroxylation is 2. The normalized spacial score (nSPS) is 14.4. The number of carbonyl (C=O) groups excluding carboxylic acids is 1. The molecule has 0 unspecified atom stereocenters. The molecule has 1 N–H and O–H groups in total. The van der Waals surface area contributed by atoms with Gasteiger partial charge in [0.2, 0.25) is 0 Å². The summed E-state index contributed by atoms with van der Waals surface area (Å²) in [6.07, 6.45) is 3.46. The van der Waals surface area contributed by atoms with Gasteiger partial charge in [-0.05, 0) is 47.9 Å². The summed E-state index contributed by atoms with van der Waals surface area (Å²) in [4.78, 5) is 12.1. The molecule has 0 atom stereocenters. The molecule has 3 heteroatoms. The van der Waals surface area contributed by atoms with Crippen LogP contribution in [0.4, 0.5) is 0 Å². The van der Waals surface area contributed by atoms with Crippen LogP contribution in [0.25, 0.3) is 0 Å². The molecular formula is C15H20ClNO. The van der Waals surface area contributed by atoms with Crippen LogP contribution in [0, 0.1) is 5.41 Å². The number of alkyl halides is 1. The number of rotatable bonds is 4. The Labute approximate surface area is 114 Å². The zero-order valence-corrected chi connectivity index (χ0v) is 11.8. The number of fused-ring (bicyclic) bond motifs is 1. The van der Waals surface area contributed by atoms with E-state index in [4.69, 9.17) is 11.6 Å². The summed E-state index contributed by atoms with van der Waals surface area (Å²) in [7, 11) is 0. The smallest absolute Gasteiger partial charge is 0.251 e. The minimum atomic E-state index is -0.0616. The van der Waals surface area contributed by atoms with Gasteiger partial charge in [0, 0.05) is 18.0 Å². The molecular weight excluding hydrogens is 246 g/mol. The third kappa shape index (κ3) is 3.05. The van der Waals surface area contributed by atoms with E-state index in [2.05, 4.69) is 11.4 Å². The van der Waals surface area contributed by atoms with Gasteiger partial charge >= 0.3 is 0 Å². The Bertz CT molecular complexity index is 454. The Hall–Kier alpha value is -1.02. The lowest BCUT2D eigenvalue weighted by molar-refractivity contribution is 0.0940. The van der Waals surface area contributed by atoms with E-state index in [0.717, 1.165) is 18.4 Å². The standard InChI is InChI=1S/C15H20ClNO/c1-15(2,9-16)10-17-14(18)13-7-6-11-4-3-5-12(11)8-13/h6-8H,3-5,9-10H2,1-2H3,(H,17,18). The number of benzene rings is 1. The minimum absolute atomic E-state index is 0.00268. The van der Waals surface area contributed by atoms with Crippen molar-refractivity contribution in [3.8, 4) is 0 Å². The zero-order chi connectivity index (χ0) is 13.2. The minimum Gasteiger partial charge on any atom is -0.351 e. The second kappa shape index (κ2) is 5.31. The molecule has 0 bridgehead atoms. The largest absolute Gasteiger partial charge is 0.351 e. The maximum absolute atomic E-state index is 12.1. The van der Waals surface area contributed by atoms with Gasteiger partial charge in [0.1, 0.15) is 0 Å². The summed E-state index contributed by atoms with van der Waals surface area (Å²) in [6.45, 7) is 4.69. The van der Waals surface area contributed by atoms with Crippen molar-refractivity contribution in [3.05, 3.63) is 34.9 Å². The third-order valence-electron chi connectivity index (χ3n) is 3.45. The van der Waals surface area contributed by atoms with E-state index in [-0.39, 0.29) is 11.3 Å². The van der Waals surface area contributed by atoms with E-state index >= 15 is 0 Å². The quantitative estimate of drug-likeness (QED) is 0.833. The topological polar surface area (TPSA) is 29.1 Å². The lowest BCUT2D eigenvalue weighted by atomic mass is 9.96. The van der Waals surface area contributed by atoms with Crippen molar-refractivity contribution in [2.45, 2.75) is 33.1 Å². The molecule has 0 fully saturated rings. The summed E-state index contributed by atoms with van der Waals surface area (Å²) in [6, 6.07) is 6.04. The van der Waals surface area contributed by atoms with Crippen LogP contribution < -0.4 is 5.32 Å². The average Bonchev–Trinajstić information content (AvgIpc) is 2.83. The van der Waals surface area contributed by atoms with Gasteiger partial charge in [-0.25, -0.2) is 0 Å². The highest BCUT2D eigenvalue weighted by molar-refractivity contribution is 6.18. The molecule has 0 aliphatic heterocycles. The molecule has 2 nitrogen and oxygen atoms in total. The molecule has 18 heavy (non-hydrogen) atoms. The molecule has 1 aromatic carbocycles. The monoisotopic (exact) mass is 265 g/mol. The summed E-state index contributed by atoms with van der Waals surface area (Å²) < 4.78 is 0. The van der Waals surface area contributed by atoms with E-state index in [1.54, 1.807) is 0 Å². The van der Waals surface area contributed by atoms with Crippen LogP contribution in [0.5, 0.6) is 0 Å². The highest BCUT2D eigenvalue weighted by Gasteiger charge is 2.19. The van der Waals surface area contributed by atoms with E-state index < -0.39 is 0 Å². The van der Waals surface area contributed by atoms with E-state index in [1.807, 2.05) is 26.0 Å². The molecule has 0 aromatic heterocycles. The highest BCUT2D eigenvalue weighted by Crippen LogP contribution is 2.23. The lowest BCUT2D eigenvalue weighted by Gasteiger charge is -2.21. The predicted molar refractivity (Wildman–Crippen MR) is 75.3 cm³/mol. The van der Waals surface area contributed by atoms with Crippen molar-refractivity contribution in [2.24, 2.45) is 5.41 Å². The Morgan fingerprint density at radius 3 is 2.78 bits per heavy atom. The molecule has 2 rings (SSSR count). The van der Waals surface area contributed by atoms with Crippen LogP contribution in [-0.4, -0.2) is 18.3 Å². The number of hydrogen-bond donors (Lipinski definition) is 1. The lowest BCUT2D eigenvalue weighted by Crippen LogP contribution is -2.35. The van der Waals surface area contributed by atoms with Crippen molar-refractivity contribution in [1.82, 2.24) is 5.32 Å². The number of carbonyl (C=O) groups is 1. The molecule has 1 aliphatic carbocycles. The Kier molecular flexibility index (Phi) is 3.96. The van der Waals surface area contributed by atoms with Crippen LogP contribution in [0.15, 0.2) is 18.2 Å². The van der Waals surface area contributed by atoms with Crippen molar-refractivity contribution in [1.29, 1.82) is 0 Å². The van der Waals surface area contributed by atoms with Crippen LogP contribution in [0.2, 0.25) is 0 Å². The Balaban J connectivity index is 2.01. The van der Waals surface area contributed by atoms with Gasteiger partial charge in [-0.2, -0.15) is 0 Å². The third-order valence-corrected chi connectivity index (χ3v) is 4.17. The van der Waals surface area contributed by atoms with Crippen LogP contribution in [-0.2, 0) is 12.8 Å². The SMILES string of the molecule is CC(C)(CCl)CNC(=O)c1ccc2c(c1)CCC2. The van der Waals surface area contributed by atoms with Crippen LogP contribution >= 0.6 is 11.6 Å². The van der Waals surface area contributed by atoms with Crippen molar-refractivity contribution >= 4 is 17.5 Å². The molecule has 1 aromatic rings. The first-order chi connectivity index (χ1) is 8.52. The van der Waals surface area contributed by atoms with Crippen LogP contribution in [0.1, 0.15) is 41.8 Å². The van der Waals surface area contributed by atoms with Gasteiger partial charge < -0.3 is 5.32 Å². The van der Waals surface area contributed by atoms with E-state index in [9.17, 15) is 4.79 Å². The second-order valence-corrected chi connectivity index (χ2v) is 6.08. The zero-order valence-electron chi connectivity index (χ0n) is 11.1. The molecule has 0 spiro atoms. The van der Waals surface area contributed by atoms with Crippen LogP contribution in [0.3, 0.4) is 0 Å². The maximum Gasteiger partial charge on any atom is 0.251 e. The molecule has 98 valence electrons. The predicted octanol–water partition coefficient (Wildman–Crippen LogP) is 3.17. The first-order valence-electron chi connectivity index (χ1n) is 6.48. The molecule has 0 saturated heterocycles. The van der Waals surface area contributed by atoms with Crippen molar-refractivity contribution in [3.63, 3.8) is 0 Å². The van der Waals surface area contributed by atoms with Gasteiger partial charge in [0.15, 0.2) is 0 Å². The highest BCUT2D eigenvalue weighted by atomic mass is 35.5. The first kappa shape index (κ1) is 13.4. The maximum atomic E-state index is 12.1. The fourth-order valence-electron chi connectivity index (χ4n) is 2.18. The Morgan fingerprint density at radius 1 is 1.33 bits per heavy atom. The average molecular weight is 266 g/mol.